The first kappa shape index (κ1) is 26.5. The highest BCUT2D eigenvalue weighted by Gasteiger charge is 2.23. The Balaban J connectivity index is 1.69. The lowest BCUT2D eigenvalue weighted by molar-refractivity contribution is 0.100. The van der Waals surface area contributed by atoms with Gasteiger partial charge in [-0.3, -0.25) is 9.59 Å². The minimum absolute atomic E-state index is 0.199. The fraction of sp³-hybridized carbons (Fsp3) is 0.129. The van der Waals surface area contributed by atoms with E-state index in [4.69, 9.17) is 17.3 Å². The number of nitrogens with one attached hydrogen (secondary N) is 2. The normalized spacial score (nSPS) is 11.8. The molecular formula is C31H23ClF2N4O3. The zero-order valence-electron chi connectivity index (χ0n) is 22.2. The van der Waals surface area contributed by atoms with Gasteiger partial charge < -0.3 is 15.7 Å². The third-order valence-electron chi connectivity index (χ3n) is 7.52. The molecule has 0 atom stereocenters. The Bertz CT molecular complexity index is 2210. The van der Waals surface area contributed by atoms with Crippen molar-refractivity contribution in [1.82, 2.24) is 14.5 Å². The van der Waals surface area contributed by atoms with E-state index >= 15 is 0 Å². The van der Waals surface area contributed by atoms with Crippen LogP contribution in [0.3, 0.4) is 0 Å². The molecule has 2 aromatic heterocycles. The number of amides is 1. The molecule has 206 valence electrons. The van der Waals surface area contributed by atoms with Crippen molar-refractivity contribution in [1.29, 1.82) is 0 Å². The van der Waals surface area contributed by atoms with E-state index in [0.717, 1.165) is 27.1 Å². The predicted octanol–water partition coefficient (Wildman–Crippen LogP) is 6.44. The van der Waals surface area contributed by atoms with Gasteiger partial charge in [0, 0.05) is 32.9 Å². The van der Waals surface area contributed by atoms with E-state index in [1.54, 1.807) is 25.1 Å². The molecule has 0 aliphatic heterocycles. The van der Waals surface area contributed by atoms with Crippen molar-refractivity contribution in [3.63, 3.8) is 0 Å². The molecule has 0 fully saturated rings. The van der Waals surface area contributed by atoms with Crippen molar-refractivity contribution in [3.8, 4) is 16.8 Å². The zero-order chi connectivity index (χ0) is 29.3. The van der Waals surface area contributed by atoms with Crippen LogP contribution in [0.1, 0.15) is 41.3 Å². The molecule has 0 radical (unpaired) electrons. The summed E-state index contributed by atoms with van der Waals surface area (Å²) in [4.78, 5) is 44.6. The Hall–Kier alpha value is -4.76. The van der Waals surface area contributed by atoms with E-state index in [0.29, 0.717) is 33.7 Å². The van der Waals surface area contributed by atoms with Crippen molar-refractivity contribution in [2.45, 2.75) is 26.7 Å². The van der Waals surface area contributed by atoms with Crippen molar-refractivity contribution < 1.29 is 13.6 Å². The van der Waals surface area contributed by atoms with Crippen molar-refractivity contribution in [2.24, 2.45) is 5.73 Å². The van der Waals surface area contributed by atoms with E-state index in [2.05, 4.69) is 23.8 Å². The molecule has 0 aliphatic carbocycles. The van der Waals surface area contributed by atoms with E-state index < -0.39 is 28.8 Å². The van der Waals surface area contributed by atoms with Crippen LogP contribution in [0.25, 0.3) is 49.5 Å². The summed E-state index contributed by atoms with van der Waals surface area (Å²) in [5.41, 5.74) is 8.03. The number of hydrogen-bond donors (Lipinski definition) is 3. The molecule has 0 saturated carbocycles. The van der Waals surface area contributed by atoms with Crippen molar-refractivity contribution >= 4 is 50.2 Å². The first-order chi connectivity index (χ1) is 19.5. The minimum atomic E-state index is -1.05. The summed E-state index contributed by atoms with van der Waals surface area (Å²) < 4.78 is 29.2. The zero-order valence-corrected chi connectivity index (χ0v) is 22.9. The number of nitrogens with zero attached hydrogens (tertiary/aromatic N) is 1. The van der Waals surface area contributed by atoms with Gasteiger partial charge in [-0.15, -0.1) is 0 Å². The van der Waals surface area contributed by atoms with Gasteiger partial charge in [0.05, 0.1) is 27.7 Å². The van der Waals surface area contributed by atoms with E-state index in [1.807, 2.05) is 18.2 Å². The summed E-state index contributed by atoms with van der Waals surface area (Å²) in [5, 5.41) is 1.39. The molecular weight excluding hydrogens is 550 g/mol. The molecule has 0 aliphatic rings. The van der Waals surface area contributed by atoms with Gasteiger partial charge in [-0.1, -0.05) is 49.7 Å². The van der Waals surface area contributed by atoms with Crippen molar-refractivity contribution in [3.05, 3.63) is 109 Å². The van der Waals surface area contributed by atoms with Gasteiger partial charge in [-0.2, -0.15) is 0 Å². The number of fused-ring (bicyclic) bond motifs is 4. The van der Waals surface area contributed by atoms with Gasteiger partial charge in [0.1, 0.15) is 5.82 Å². The minimum Gasteiger partial charge on any atom is -0.366 e. The van der Waals surface area contributed by atoms with Crippen LogP contribution >= 0.6 is 11.6 Å². The number of carbonyl (C=O) groups excluding carboxylic acids is 1. The average molecular weight is 573 g/mol. The first-order valence-electron chi connectivity index (χ1n) is 12.8. The van der Waals surface area contributed by atoms with Gasteiger partial charge in [0.25, 0.3) is 11.5 Å². The molecule has 4 N–H and O–H groups in total. The predicted molar refractivity (Wildman–Crippen MR) is 157 cm³/mol. The first-order valence-corrected chi connectivity index (χ1v) is 13.2. The van der Waals surface area contributed by atoms with Gasteiger partial charge >= 0.3 is 5.69 Å². The van der Waals surface area contributed by atoms with E-state index in [9.17, 15) is 23.2 Å². The number of aromatic amines is 2. The largest absolute Gasteiger partial charge is 0.366 e. The van der Waals surface area contributed by atoms with Gasteiger partial charge in [0.2, 0.25) is 0 Å². The molecule has 2 heterocycles. The monoisotopic (exact) mass is 572 g/mol. The average Bonchev–Trinajstić information content (AvgIpc) is 3.29. The molecule has 7 nitrogen and oxygen atoms in total. The molecule has 10 heteroatoms. The molecule has 1 amide bonds. The van der Waals surface area contributed by atoms with Crippen LogP contribution in [0.4, 0.5) is 8.78 Å². The van der Waals surface area contributed by atoms with Crippen LogP contribution in [0.2, 0.25) is 5.02 Å². The Kier molecular flexibility index (Phi) is 6.08. The van der Waals surface area contributed by atoms with Crippen LogP contribution < -0.4 is 17.0 Å². The maximum Gasteiger partial charge on any atom is 0.333 e. The van der Waals surface area contributed by atoms with Crippen LogP contribution in [0.5, 0.6) is 0 Å². The molecule has 0 spiro atoms. The number of aromatic nitrogens is 3. The van der Waals surface area contributed by atoms with Crippen LogP contribution in [-0.4, -0.2) is 20.4 Å². The van der Waals surface area contributed by atoms with Crippen LogP contribution in [0, 0.1) is 18.6 Å². The maximum absolute atomic E-state index is 14.3. The molecule has 0 bridgehead atoms. The molecule has 0 unspecified atom stereocenters. The van der Waals surface area contributed by atoms with Gasteiger partial charge in [0.15, 0.2) is 5.82 Å². The third-order valence-corrected chi connectivity index (χ3v) is 7.82. The Labute approximate surface area is 236 Å². The highest BCUT2D eigenvalue weighted by molar-refractivity contribution is 6.37. The number of carbonyl (C=O) groups is 1. The number of hydrogen-bond acceptors (Lipinski definition) is 3. The van der Waals surface area contributed by atoms with Crippen LogP contribution in [0.15, 0.2) is 64.2 Å². The molecule has 41 heavy (non-hydrogen) atoms. The third kappa shape index (κ3) is 4.03. The smallest absolute Gasteiger partial charge is 0.333 e. The number of nitrogens with two attached hydrogens (primary N) is 1. The molecule has 0 saturated heterocycles. The Morgan fingerprint density at radius 2 is 1.73 bits per heavy atom. The summed E-state index contributed by atoms with van der Waals surface area (Å²) in [6.07, 6.45) is 0. The molecule has 4 aromatic carbocycles. The van der Waals surface area contributed by atoms with Gasteiger partial charge in [-0.05, 0) is 53.8 Å². The SMILES string of the molecule is Cc1c(-c2c(Cl)cc(C(N)=O)c3[nH]c4cc(C(C)C)ccc4c23)cccc1-n1c(=O)[nH]c2c(F)cc(F)cc2c1=O. The number of primary amides is 1. The number of halogens is 3. The summed E-state index contributed by atoms with van der Waals surface area (Å²) in [5.74, 6) is -2.38. The van der Waals surface area contributed by atoms with Crippen molar-refractivity contribution in [2.75, 3.05) is 0 Å². The quantitative estimate of drug-likeness (QED) is 0.226. The fourth-order valence-corrected chi connectivity index (χ4v) is 5.79. The molecule has 6 rings (SSSR count). The number of benzene rings is 4. The van der Waals surface area contributed by atoms with E-state index in [-0.39, 0.29) is 33.1 Å². The van der Waals surface area contributed by atoms with Crippen LogP contribution in [-0.2, 0) is 0 Å². The fourth-order valence-electron chi connectivity index (χ4n) is 5.48. The highest BCUT2D eigenvalue weighted by Crippen LogP contribution is 2.43. The summed E-state index contributed by atoms with van der Waals surface area (Å²) >= 11 is 6.83. The van der Waals surface area contributed by atoms with Gasteiger partial charge in [-0.25, -0.2) is 18.1 Å². The second kappa shape index (κ2) is 9.42. The second-order valence-corrected chi connectivity index (χ2v) is 10.7. The highest BCUT2D eigenvalue weighted by atomic mass is 35.5. The number of H-pyrrole nitrogens is 2. The Morgan fingerprint density at radius 3 is 2.44 bits per heavy atom. The second-order valence-electron chi connectivity index (χ2n) is 10.3. The standard InChI is InChI=1S/C31H23ClF2N4O3/c1-13(2)15-7-8-18-23(9-15)36-28-19(29(35)39)12-21(32)25(26(18)28)17-5-4-6-24(14(17)3)38-30(40)20-10-16(33)11-22(34)27(20)37-31(38)41/h4-13,36H,1-3H3,(H2,35,39)(H,37,41). The topological polar surface area (TPSA) is 114 Å². The lowest BCUT2D eigenvalue weighted by Crippen LogP contribution is -2.34. The summed E-state index contributed by atoms with van der Waals surface area (Å²) in [6, 6.07) is 13.9. The summed E-state index contributed by atoms with van der Waals surface area (Å²) in [6.45, 7) is 5.87. The van der Waals surface area contributed by atoms with E-state index in [1.165, 1.54) is 6.07 Å². The molecule has 6 aromatic rings. The maximum atomic E-state index is 14.3. The Morgan fingerprint density at radius 1 is 0.976 bits per heavy atom. The number of rotatable bonds is 4. The summed E-state index contributed by atoms with van der Waals surface area (Å²) in [7, 11) is 0. The lowest BCUT2D eigenvalue weighted by Gasteiger charge is -2.16. The lowest BCUT2D eigenvalue weighted by atomic mass is 9.92.